The van der Waals surface area contributed by atoms with E-state index in [-0.39, 0.29) is 0 Å². The minimum Gasteiger partial charge on any atom is -0.364 e. The Bertz CT molecular complexity index is 673. The van der Waals surface area contributed by atoms with Crippen molar-refractivity contribution in [3.8, 4) is 0 Å². The number of anilines is 1. The zero-order chi connectivity index (χ0) is 14.3. The number of rotatable bonds is 6. The van der Waals surface area contributed by atoms with Gasteiger partial charge >= 0.3 is 0 Å². The second-order valence-electron chi connectivity index (χ2n) is 4.36. The fraction of sp³-hybridized carbons (Fsp3) is 0.133. The molecule has 1 aromatic carbocycles. The topological polar surface area (TPSA) is 63.8 Å². The third-order valence-electron chi connectivity index (χ3n) is 2.78. The van der Waals surface area contributed by atoms with Crippen LogP contribution in [-0.2, 0) is 12.3 Å². The Morgan fingerprint density at radius 1 is 1.10 bits per heavy atom. The zero-order valence-corrected chi connectivity index (χ0v) is 12.1. The predicted molar refractivity (Wildman–Crippen MR) is 81.9 cm³/mol. The maximum absolute atomic E-state index is 4.78. The van der Waals surface area contributed by atoms with Crippen molar-refractivity contribution in [2.24, 2.45) is 0 Å². The Hall–Kier alpha value is -2.34. The van der Waals surface area contributed by atoms with E-state index in [2.05, 4.69) is 32.6 Å². The Morgan fingerprint density at radius 3 is 2.81 bits per heavy atom. The number of aromatic nitrogens is 3. The van der Waals surface area contributed by atoms with Crippen LogP contribution in [0.5, 0.6) is 0 Å². The first kappa shape index (κ1) is 13.6. The second kappa shape index (κ2) is 6.90. The van der Waals surface area contributed by atoms with Gasteiger partial charge < -0.3 is 9.84 Å². The van der Waals surface area contributed by atoms with Gasteiger partial charge in [-0.1, -0.05) is 35.5 Å². The van der Waals surface area contributed by atoms with E-state index in [9.17, 15) is 0 Å². The lowest BCUT2D eigenvalue weighted by atomic mass is 10.2. The number of hydrogen-bond acceptors (Lipinski definition) is 6. The Labute approximate surface area is 126 Å². The van der Waals surface area contributed by atoms with Crippen molar-refractivity contribution in [3.05, 3.63) is 66.3 Å². The summed E-state index contributed by atoms with van der Waals surface area (Å²) in [6, 6.07) is 12.1. The summed E-state index contributed by atoms with van der Waals surface area (Å²) in [6.07, 6.45) is 5.02. The molecule has 0 aliphatic rings. The van der Waals surface area contributed by atoms with E-state index in [1.165, 1.54) is 5.56 Å². The second-order valence-corrected chi connectivity index (χ2v) is 5.36. The highest BCUT2D eigenvalue weighted by atomic mass is 32.2. The van der Waals surface area contributed by atoms with E-state index in [0.717, 1.165) is 22.3 Å². The molecule has 0 bridgehead atoms. The van der Waals surface area contributed by atoms with E-state index in [4.69, 9.17) is 4.52 Å². The maximum Gasteiger partial charge on any atom is 0.146 e. The van der Waals surface area contributed by atoms with E-state index >= 15 is 0 Å². The highest BCUT2D eigenvalue weighted by Gasteiger charge is 2.02. The fourth-order valence-electron chi connectivity index (χ4n) is 1.74. The molecule has 1 N–H and O–H groups in total. The standard InChI is InChI=1S/C15H14N4OS/c1-2-4-12(5-3-1)11-21-15-10-16-9-14(18-15)17-8-13-6-7-20-19-13/h1-7,9-10H,8,11H2,(H,17,18). The first-order chi connectivity index (χ1) is 10.4. The average Bonchev–Trinajstić information content (AvgIpc) is 3.06. The van der Waals surface area contributed by atoms with Crippen LogP contribution >= 0.6 is 11.8 Å². The van der Waals surface area contributed by atoms with Crippen LogP contribution < -0.4 is 5.32 Å². The lowest BCUT2D eigenvalue weighted by Gasteiger charge is -2.05. The van der Waals surface area contributed by atoms with Crippen LogP contribution in [0, 0.1) is 0 Å². The van der Waals surface area contributed by atoms with Gasteiger partial charge in [-0.3, -0.25) is 4.98 Å². The van der Waals surface area contributed by atoms with Crippen molar-refractivity contribution in [3.63, 3.8) is 0 Å². The molecule has 3 rings (SSSR count). The SMILES string of the molecule is c1ccc(CSc2cncc(NCc3ccon3)n2)cc1. The van der Waals surface area contributed by atoms with Crippen LogP contribution in [0.3, 0.4) is 0 Å². The zero-order valence-electron chi connectivity index (χ0n) is 11.3. The van der Waals surface area contributed by atoms with Crippen molar-refractivity contribution in [1.82, 2.24) is 15.1 Å². The van der Waals surface area contributed by atoms with Gasteiger partial charge in [0.2, 0.25) is 0 Å². The Kier molecular flexibility index (Phi) is 4.48. The van der Waals surface area contributed by atoms with Gasteiger partial charge in [-0.25, -0.2) is 4.98 Å². The van der Waals surface area contributed by atoms with Gasteiger partial charge in [0.15, 0.2) is 0 Å². The Balaban J connectivity index is 1.58. The molecule has 2 aromatic heterocycles. The number of thioether (sulfide) groups is 1. The summed E-state index contributed by atoms with van der Waals surface area (Å²) in [5.41, 5.74) is 2.10. The molecule has 6 heteroatoms. The molecule has 5 nitrogen and oxygen atoms in total. The van der Waals surface area contributed by atoms with Crippen LogP contribution in [0.1, 0.15) is 11.3 Å². The first-order valence-electron chi connectivity index (χ1n) is 6.52. The van der Waals surface area contributed by atoms with Crippen molar-refractivity contribution >= 4 is 17.6 Å². The molecular formula is C15H14N4OS. The van der Waals surface area contributed by atoms with Gasteiger partial charge in [-0.2, -0.15) is 0 Å². The van der Waals surface area contributed by atoms with Gasteiger partial charge in [0.1, 0.15) is 22.8 Å². The smallest absolute Gasteiger partial charge is 0.146 e. The summed E-state index contributed by atoms with van der Waals surface area (Å²) in [4.78, 5) is 8.73. The lowest BCUT2D eigenvalue weighted by molar-refractivity contribution is 0.412. The minimum absolute atomic E-state index is 0.567. The summed E-state index contributed by atoms with van der Waals surface area (Å²) >= 11 is 1.66. The normalized spacial score (nSPS) is 10.5. The third kappa shape index (κ3) is 4.06. The molecule has 0 radical (unpaired) electrons. The minimum atomic E-state index is 0.567. The largest absolute Gasteiger partial charge is 0.364 e. The molecule has 3 aromatic rings. The van der Waals surface area contributed by atoms with Gasteiger partial charge in [0.05, 0.1) is 18.9 Å². The van der Waals surface area contributed by atoms with Crippen LogP contribution in [0.4, 0.5) is 5.82 Å². The van der Waals surface area contributed by atoms with Gasteiger partial charge in [-0.05, 0) is 5.56 Å². The fourth-order valence-corrected chi connectivity index (χ4v) is 2.55. The molecule has 106 valence electrons. The molecule has 0 saturated heterocycles. The third-order valence-corrected chi connectivity index (χ3v) is 3.75. The van der Waals surface area contributed by atoms with Gasteiger partial charge in [-0.15, -0.1) is 11.8 Å². The van der Waals surface area contributed by atoms with E-state index in [1.54, 1.807) is 30.4 Å². The Morgan fingerprint density at radius 2 is 2.00 bits per heavy atom. The molecule has 0 amide bonds. The summed E-state index contributed by atoms with van der Waals surface area (Å²) in [7, 11) is 0. The molecule has 0 atom stereocenters. The van der Waals surface area contributed by atoms with Crippen LogP contribution in [0.2, 0.25) is 0 Å². The number of nitrogens with one attached hydrogen (secondary N) is 1. The predicted octanol–water partition coefficient (Wildman–Crippen LogP) is 3.37. The van der Waals surface area contributed by atoms with Crippen LogP contribution in [0.15, 0.2) is 64.6 Å². The highest BCUT2D eigenvalue weighted by molar-refractivity contribution is 7.98. The molecule has 0 unspecified atom stereocenters. The molecule has 0 fully saturated rings. The summed E-state index contributed by atoms with van der Waals surface area (Å²) in [5, 5.41) is 7.91. The van der Waals surface area contributed by atoms with Crippen LogP contribution in [-0.4, -0.2) is 15.1 Å². The van der Waals surface area contributed by atoms with Gasteiger partial charge in [0.25, 0.3) is 0 Å². The van der Waals surface area contributed by atoms with Gasteiger partial charge in [0, 0.05) is 11.8 Å². The molecule has 0 spiro atoms. The van der Waals surface area contributed by atoms with Crippen molar-refractivity contribution in [2.75, 3.05) is 5.32 Å². The van der Waals surface area contributed by atoms with E-state index < -0.39 is 0 Å². The highest BCUT2D eigenvalue weighted by Crippen LogP contribution is 2.21. The lowest BCUT2D eigenvalue weighted by Crippen LogP contribution is -2.02. The number of nitrogens with zero attached hydrogens (tertiary/aromatic N) is 3. The molecule has 0 aliphatic carbocycles. The van der Waals surface area contributed by atoms with E-state index in [1.807, 2.05) is 24.3 Å². The van der Waals surface area contributed by atoms with Crippen molar-refractivity contribution in [2.45, 2.75) is 17.3 Å². The quantitative estimate of drug-likeness (QED) is 0.704. The average molecular weight is 298 g/mol. The van der Waals surface area contributed by atoms with E-state index in [0.29, 0.717) is 6.54 Å². The number of hydrogen-bond donors (Lipinski definition) is 1. The molecular weight excluding hydrogens is 284 g/mol. The maximum atomic E-state index is 4.78. The monoisotopic (exact) mass is 298 g/mol. The number of benzene rings is 1. The molecule has 0 saturated carbocycles. The van der Waals surface area contributed by atoms with Crippen LogP contribution in [0.25, 0.3) is 0 Å². The molecule has 2 heterocycles. The van der Waals surface area contributed by atoms with Crippen molar-refractivity contribution in [1.29, 1.82) is 0 Å². The summed E-state index contributed by atoms with van der Waals surface area (Å²) < 4.78 is 4.78. The summed E-state index contributed by atoms with van der Waals surface area (Å²) in [5.74, 6) is 1.61. The summed E-state index contributed by atoms with van der Waals surface area (Å²) in [6.45, 7) is 0.567. The van der Waals surface area contributed by atoms with Crippen molar-refractivity contribution < 1.29 is 4.52 Å². The first-order valence-corrected chi connectivity index (χ1v) is 7.50. The molecule has 21 heavy (non-hydrogen) atoms. The molecule has 0 aliphatic heterocycles.